The van der Waals surface area contributed by atoms with Crippen LogP contribution in [-0.4, -0.2) is 24.9 Å². The lowest BCUT2D eigenvalue weighted by molar-refractivity contribution is 0.206. The molecule has 0 saturated carbocycles. The topological polar surface area (TPSA) is 55.5 Å². The molecule has 3 heteroatoms. The maximum absolute atomic E-state index is 9.43. The Balaban J connectivity index is 2.48. The van der Waals surface area contributed by atoms with Crippen LogP contribution in [0.4, 0.5) is 0 Å². The van der Waals surface area contributed by atoms with E-state index in [9.17, 15) is 5.11 Å². The number of rotatable bonds is 3. The van der Waals surface area contributed by atoms with Gasteiger partial charge in [0.15, 0.2) is 0 Å². The third-order valence-electron chi connectivity index (χ3n) is 3.16. The summed E-state index contributed by atoms with van der Waals surface area (Å²) in [5, 5.41) is 9.43. The van der Waals surface area contributed by atoms with E-state index in [0.29, 0.717) is 6.54 Å². The predicted octanol–water partition coefficient (Wildman–Crippen LogP) is 0.830. The normalized spacial score (nSPS) is 18.1. The van der Waals surface area contributed by atoms with E-state index in [-0.39, 0.29) is 6.61 Å². The fraction of sp³-hybridized carbons (Fsp3) is 0.500. The maximum atomic E-state index is 9.43. The summed E-state index contributed by atoms with van der Waals surface area (Å²) in [6.45, 7) is 3.16. The van der Waals surface area contributed by atoms with E-state index in [2.05, 4.69) is 6.07 Å². The van der Waals surface area contributed by atoms with Crippen LogP contribution in [-0.2, 0) is 11.8 Å². The highest BCUT2D eigenvalue weighted by Gasteiger charge is 2.30. The number of para-hydroxylation sites is 1. The summed E-state index contributed by atoms with van der Waals surface area (Å²) >= 11 is 0. The average molecular weight is 207 g/mol. The van der Waals surface area contributed by atoms with Crippen LogP contribution in [0.2, 0.25) is 0 Å². The number of hydrogen-bond donors (Lipinski definition) is 2. The first-order chi connectivity index (χ1) is 7.21. The van der Waals surface area contributed by atoms with Crippen molar-refractivity contribution in [2.45, 2.75) is 18.8 Å². The van der Waals surface area contributed by atoms with E-state index in [0.717, 1.165) is 24.3 Å². The second kappa shape index (κ2) is 3.83. The highest BCUT2D eigenvalue weighted by atomic mass is 16.5. The molecule has 0 radical (unpaired) electrons. The highest BCUT2D eigenvalue weighted by Crippen LogP contribution is 2.36. The van der Waals surface area contributed by atoms with Crippen LogP contribution in [0.3, 0.4) is 0 Å². The molecule has 1 heterocycles. The summed E-state index contributed by atoms with van der Waals surface area (Å²) in [7, 11) is 0. The molecule has 3 nitrogen and oxygen atoms in total. The number of ether oxygens (including phenoxy) is 1. The second-order valence-corrected chi connectivity index (χ2v) is 4.32. The number of aliphatic hydroxyl groups is 1. The molecule has 82 valence electrons. The summed E-state index contributed by atoms with van der Waals surface area (Å²) < 4.78 is 5.61. The summed E-state index contributed by atoms with van der Waals surface area (Å²) in [5.74, 6) is 0.930. The lowest BCUT2D eigenvalue weighted by atomic mass is 9.82. The van der Waals surface area contributed by atoms with Gasteiger partial charge in [-0.15, -0.1) is 0 Å². The number of fused-ring (bicyclic) bond motifs is 1. The van der Waals surface area contributed by atoms with Crippen LogP contribution in [0.1, 0.15) is 18.1 Å². The van der Waals surface area contributed by atoms with Gasteiger partial charge in [-0.1, -0.05) is 25.1 Å². The fourth-order valence-corrected chi connectivity index (χ4v) is 1.95. The molecule has 0 saturated heterocycles. The van der Waals surface area contributed by atoms with Crippen molar-refractivity contribution >= 4 is 0 Å². The van der Waals surface area contributed by atoms with Gasteiger partial charge < -0.3 is 15.6 Å². The molecule has 1 aliphatic heterocycles. The Labute approximate surface area is 89.9 Å². The number of aliphatic hydroxyl groups excluding tert-OH is 1. The zero-order valence-electron chi connectivity index (χ0n) is 8.99. The summed E-state index contributed by atoms with van der Waals surface area (Å²) in [6.07, 6.45) is 0.954. The highest BCUT2D eigenvalue weighted by molar-refractivity contribution is 5.48. The van der Waals surface area contributed by atoms with Crippen molar-refractivity contribution in [3.8, 4) is 5.75 Å². The Kier molecular flexibility index (Phi) is 2.67. The third kappa shape index (κ3) is 1.62. The van der Waals surface area contributed by atoms with E-state index in [1.54, 1.807) is 0 Å². The zero-order chi connectivity index (χ0) is 10.9. The summed E-state index contributed by atoms with van der Waals surface area (Å²) in [5.41, 5.74) is 7.59. The number of hydrogen-bond acceptors (Lipinski definition) is 3. The Morgan fingerprint density at radius 2 is 2.33 bits per heavy atom. The molecular formula is C12H17NO2. The van der Waals surface area contributed by atoms with Crippen molar-refractivity contribution in [3.63, 3.8) is 0 Å². The van der Waals surface area contributed by atoms with Gasteiger partial charge in [-0.05, 0) is 5.56 Å². The van der Waals surface area contributed by atoms with E-state index in [4.69, 9.17) is 10.5 Å². The van der Waals surface area contributed by atoms with Crippen molar-refractivity contribution in [1.29, 1.82) is 0 Å². The van der Waals surface area contributed by atoms with Gasteiger partial charge in [-0.2, -0.15) is 0 Å². The molecule has 0 bridgehead atoms. The lowest BCUT2D eigenvalue weighted by Gasteiger charge is -2.27. The third-order valence-corrected chi connectivity index (χ3v) is 3.16. The van der Waals surface area contributed by atoms with Gasteiger partial charge in [0.05, 0.1) is 13.2 Å². The largest absolute Gasteiger partial charge is 0.493 e. The molecular weight excluding hydrogens is 190 g/mol. The monoisotopic (exact) mass is 207 g/mol. The molecule has 0 aliphatic carbocycles. The predicted molar refractivity (Wildman–Crippen MR) is 59.1 cm³/mol. The Morgan fingerprint density at radius 1 is 1.53 bits per heavy atom. The SMILES string of the molecule is CC(CN)(CO)c1cccc2c1OCC2. The zero-order valence-corrected chi connectivity index (χ0v) is 8.99. The molecule has 0 amide bonds. The number of benzene rings is 1. The van der Waals surface area contributed by atoms with Gasteiger partial charge in [0.1, 0.15) is 5.75 Å². The van der Waals surface area contributed by atoms with Crippen molar-refractivity contribution in [3.05, 3.63) is 29.3 Å². The molecule has 1 unspecified atom stereocenters. The minimum atomic E-state index is -0.393. The molecule has 3 N–H and O–H groups in total. The molecule has 0 spiro atoms. The molecule has 1 atom stereocenters. The minimum Gasteiger partial charge on any atom is -0.493 e. The number of nitrogens with two attached hydrogens (primary N) is 1. The second-order valence-electron chi connectivity index (χ2n) is 4.32. The summed E-state index contributed by atoms with van der Waals surface area (Å²) in [4.78, 5) is 0. The van der Waals surface area contributed by atoms with E-state index in [1.807, 2.05) is 19.1 Å². The maximum Gasteiger partial charge on any atom is 0.126 e. The molecule has 2 rings (SSSR count). The van der Waals surface area contributed by atoms with Gasteiger partial charge in [0, 0.05) is 23.9 Å². The van der Waals surface area contributed by atoms with Gasteiger partial charge in [0.25, 0.3) is 0 Å². The van der Waals surface area contributed by atoms with Gasteiger partial charge >= 0.3 is 0 Å². The molecule has 15 heavy (non-hydrogen) atoms. The molecule has 1 aromatic carbocycles. The first kappa shape index (κ1) is 10.5. The van der Waals surface area contributed by atoms with Crippen LogP contribution < -0.4 is 10.5 Å². The molecule has 0 aromatic heterocycles. The Hall–Kier alpha value is -1.06. The summed E-state index contributed by atoms with van der Waals surface area (Å²) in [6, 6.07) is 6.07. The first-order valence-corrected chi connectivity index (χ1v) is 5.27. The van der Waals surface area contributed by atoms with Crippen LogP contribution in [0.25, 0.3) is 0 Å². The average Bonchev–Trinajstić information content (AvgIpc) is 2.75. The minimum absolute atomic E-state index is 0.0450. The van der Waals surface area contributed by atoms with Crippen molar-refractivity contribution in [1.82, 2.24) is 0 Å². The quantitative estimate of drug-likeness (QED) is 0.772. The Morgan fingerprint density at radius 3 is 3.00 bits per heavy atom. The Bertz CT molecular complexity index is 359. The van der Waals surface area contributed by atoms with E-state index < -0.39 is 5.41 Å². The standard InChI is InChI=1S/C12H17NO2/c1-12(7-13,8-14)10-4-2-3-9-5-6-15-11(9)10/h2-4,14H,5-8,13H2,1H3. The van der Waals surface area contributed by atoms with Gasteiger partial charge in [-0.3, -0.25) is 0 Å². The van der Waals surface area contributed by atoms with E-state index in [1.165, 1.54) is 5.56 Å². The lowest BCUT2D eigenvalue weighted by Crippen LogP contribution is -2.35. The van der Waals surface area contributed by atoms with Gasteiger partial charge in [0.2, 0.25) is 0 Å². The fourth-order valence-electron chi connectivity index (χ4n) is 1.95. The van der Waals surface area contributed by atoms with E-state index >= 15 is 0 Å². The molecule has 0 fully saturated rings. The van der Waals surface area contributed by atoms with Gasteiger partial charge in [-0.25, -0.2) is 0 Å². The van der Waals surface area contributed by atoms with Crippen LogP contribution in [0, 0.1) is 0 Å². The van der Waals surface area contributed by atoms with Crippen LogP contribution >= 0.6 is 0 Å². The van der Waals surface area contributed by atoms with Crippen molar-refractivity contribution in [2.24, 2.45) is 5.73 Å². The molecule has 1 aliphatic rings. The van der Waals surface area contributed by atoms with Crippen LogP contribution in [0.15, 0.2) is 18.2 Å². The van der Waals surface area contributed by atoms with Crippen molar-refractivity contribution in [2.75, 3.05) is 19.8 Å². The smallest absolute Gasteiger partial charge is 0.126 e. The van der Waals surface area contributed by atoms with Crippen LogP contribution in [0.5, 0.6) is 5.75 Å². The molecule has 1 aromatic rings. The first-order valence-electron chi connectivity index (χ1n) is 5.27. The van der Waals surface area contributed by atoms with Crippen molar-refractivity contribution < 1.29 is 9.84 Å².